The molecule has 5 aliphatic heterocycles. The molecule has 2 atom stereocenters. The van der Waals surface area contributed by atoms with Gasteiger partial charge in [0.15, 0.2) is 0 Å². The molecular weight excluding hydrogens is 560 g/mol. The zero-order valence-electron chi connectivity index (χ0n) is 25.4. The van der Waals surface area contributed by atoms with E-state index in [0.29, 0.717) is 46.2 Å². The van der Waals surface area contributed by atoms with Gasteiger partial charge in [0.05, 0.1) is 51.9 Å². The van der Waals surface area contributed by atoms with E-state index in [0.717, 1.165) is 28.0 Å². The maximum Gasteiger partial charge on any atom is 0.338 e. The summed E-state index contributed by atoms with van der Waals surface area (Å²) in [5.41, 5.74) is 8.16. The first kappa shape index (κ1) is 30.5. The molecule has 10 nitrogen and oxygen atoms in total. The SMILES string of the molecule is C=CC1=C(C)C2=NC1=CC1=NC(=CC3=NC(=C(CC(=O)O)C4=NC(=C2)[C@H](C)[C@H]4CCC(=O)O)C(C(=O)O)=C3C)C(CC)=C1C. The first-order chi connectivity index (χ1) is 20.9. The van der Waals surface area contributed by atoms with Gasteiger partial charge in [-0.3, -0.25) is 14.6 Å². The molecule has 226 valence electrons. The van der Waals surface area contributed by atoms with Crippen LogP contribution in [0.25, 0.3) is 0 Å². The van der Waals surface area contributed by atoms with Gasteiger partial charge in [-0.2, -0.15) is 0 Å². The quantitative estimate of drug-likeness (QED) is 0.315. The number of hydrogen-bond donors (Lipinski definition) is 3. The summed E-state index contributed by atoms with van der Waals surface area (Å²) in [4.78, 5) is 56.0. The monoisotopic (exact) mass is 594 g/mol. The Morgan fingerprint density at radius 2 is 1.48 bits per heavy atom. The van der Waals surface area contributed by atoms with Crippen molar-refractivity contribution in [2.45, 2.75) is 60.3 Å². The molecule has 0 spiro atoms. The number of nitrogens with zero attached hydrogens (tertiary/aromatic N) is 4. The lowest BCUT2D eigenvalue weighted by molar-refractivity contribution is -0.138. The minimum Gasteiger partial charge on any atom is -0.481 e. The maximum absolute atomic E-state index is 12.7. The van der Waals surface area contributed by atoms with Crippen molar-refractivity contribution in [1.29, 1.82) is 0 Å². The minimum absolute atomic E-state index is 0.0234. The van der Waals surface area contributed by atoms with Crippen LogP contribution in [0.1, 0.15) is 60.3 Å². The Labute approximate surface area is 255 Å². The molecule has 0 radical (unpaired) electrons. The summed E-state index contributed by atoms with van der Waals surface area (Å²) in [6.45, 7) is 13.5. The van der Waals surface area contributed by atoms with Gasteiger partial charge in [-0.05, 0) is 74.1 Å². The van der Waals surface area contributed by atoms with Gasteiger partial charge in [-0.15, -0.1) is 0 Å². The van der Waals surface area contributed by atoms with Gasteiger partial charge in [-0.1, -0.05) is 26.5 Å². The molecule has 0 fully saturated rings. The number of allylic oxidation sites excluding steroid dienone is 9. The average molecular weight is 595 g/mol. The van der Waals surface area contributed by atoms with Crippen LogP contribution in [-0.2, 0) is 14.4 Å². The fraction of sp³-hybridized carbons (Fsp3) is 0.324. The summed E-state index contributed by atoms with van der Waals surface area (Å²) in [7, 11) is 0. The van der Waals surface area contributed by atoms with Gasteiger partial charge in [0, 0.05) is 35.1 Å². The number of carboxylic acid groups (broad SMARTS) is 3. The van der Waals surface area contributed by atoms with E-state index in [1.54, 1.807) is 19.1 Å². The second-order valence-electron chi connectivity index (χ2n) is 11.3. The van der Waals surface area contributed by atoms with Crippen LogP contribution in [0.4, 0.5) is 0 Å². The molecule has 0 unspecified atom stereocenters. The van der Waals surface area contributed by atoms with Gasteiger partial charge < -0.3 is 15.3 Å². The molecule has 0 aromatic carbocycles. The van der Waals surface area contributed by atoms with Crippen LogP contribution in [0.2, 0.25) is 0 Å². The first-order valence-corrected chi connectivity index (χ1v) is 14.5. The Morgan fingerprint density at radius 1 is 0.841 bits per heavy atom. The summed E-state index contributed by atoms with van der Waals surface area (Å²) in [6, 6.07) is 0. The lowest BCUT2D eigenvalue weighted by atomic mass is 9.82. The molecule has 5 aliphatic rings. The van der Waals surface area contributed by atoms with Crippen LogP contribution in [0.3, 0.4) is 0 Å². The van der Waals surface area contributed by atoms with Crippen LogP contribution in [0.5, 0.6) is 0 Å². The Balaban J connectivity index is 1.88. The number of carboxylic acids is 3. The lowest BCUT2D eigenvalue weighted by Gasteiger charge is -2.20. The fourth-order valence-corrected chi connectivity index (χ4v) is 6.37. The minimum atomic E-state index is -1.24. The summed E-state index contributed by atoms with van der Waals surface area (Å²) < 4.78 is 0. The Bertz CT molecular complexity index is 1800. The summed E-state index contributed by atoms with van der Waals surface area (Å²) in [5, 5.41) is 29.8. The largest absolute Gasteiger partial charge is 0.481 e. The van der Waals surface area contributed by atoms with E-state index in [2.05, 4.69) is 6.58 Å². The van der Waals surface area contributed by atoms with Crippen LogP contribution in [-0.4, -0.2) is 56.1 Å². The number of fused-ring (bicyclic) bond motifs is 4. The topological polar surface area (TPSA) is 161 Å². The van der Waals surface area contributed by atoms with Crippen molar-refractivity contribution in [2.24, 2.45) is 31.8 Å². The van der Waals surface area contributed by atoms with Gasteiger partial charge in [0.1, 0.15) is 0 Å². The van der Waals surface area contributed by atoms with E-state index < -0.39 is 30.2 Å². The second kappa shape index (κ2) is 11.6. The summed E-state index contributed by atoms with van der Waals surface area (Å²) in [5.74, 6) is -4.21. The fourth-order valence-electron chi connectivity index (χ4n) is 6.37. The van der Waals surface area contributed by atoms with Crippen LogP contribution in [0.15, 0.2) is 113 Å². The Hall–Kier alpha value is -4.99. The number of hydrogen-bond acceptors (Lipinski definition) is 7. The second-order valence-corrected chi connectivity index (χ2v) is 11.3. The first-order valence-electron chi connectivity index (χ1n) is 14.5. The van der Waals surface area contributed by atoms with Gasteiger partial charge >= 0.3 is 17.9 Å². The third kappa shape index (κ3) is 5.21. The number of aliphatic imine (C=N–C) groups is 4. The molecule has 5 heterocycles. The van der Waals surface area contributed by atoms with Crippen molar-refractivity contribution in [2.75, 3.05) is 0 Å². The molecule has 0 amide bonds. The van der Waals surface area contributed by atoms with E-state index in [9.17, 15) is 29.7 Å². The van der Waals surface area contributed by atoms with Crippen molar-refractivity contribution < 1.29 is 29.7 Å². The zero-order valence-corrected chi connectivity index (χ0v) is 25.4. The zero-order chi connectivity index (χ0) is 32.0. The van der Waals surface area contributed by atoms with Gasteiger partial charge in [0.2, 0.25) is 0 Å². The highest BCUT2D eigenvalue weighted by molar-refractivity contribution is 6.22. The normalized spacial score (nSPS) is 22.9. The molecule has 3 N–H and O–H groups in total. The third-order valence-electron chi connectivity index (χ3n) is 8.79. The van der Waals surface area contributed by atoms with Crippen molar-refractivity contribution in [3.63, 3.8) is 0 Å². The van der Waals surface area contributed by atoms with Crippen molar-refractivity contribution in [1.82, 2.24) is 0 Å². The highest BCUT2D eigenvalue weighted by atomic mass is 16.4. The molecule has 10 heteroatoms. The molecule has 0 saturated carbocycles. The van der Waals surface area contributed by atoms with Gasteiger partial charge in [0.25, 0.3) is 0 Å². The Morgan fingerprint density at radius 3 is 2.09 bits per heavy atom. The van der Waals surface area contributed by atoms with E-state index in [-0.39, 0.29) is 35.6 Å². The number of carbonyl (C=O) groups is 3. The number of rotatable bonds is 8. The Kier molecular flexibility index (Phi) is 8.03. The van der Waals surface area contributed by atoms with E-state index in [4.69, 9.17) is 20.0 Å². The average Bonchev–Trinajstić information content (AvgIpc) is 3.63. The van der Waals surface area contributed by atoms with Crippen molar-refractivity contribution >= 4 is 40.8 Å². The van der Waals surface area contributed by atoms with Crippen LogP contribution >= 0.6 is 0 Å². The number of aliphatic carboxylic acids is 3. The maximum atomic E-state index is 12.7. The molecular formula is C34H34N4O6. The van der Waals surface area contributed by atoms with Crippen molar-refractivity contribution in [3.05, 3.63) is 92.7 Å². The molecule has 0 aromatic heterocycles. The smallest absolute Gasteiger partial charge is 0.338 e. The van der Waals surface area contributed by atoms with E-state index >= 15 is 0 Å². The predicted octanol–water partition coefficient (Wildman–Crippen LogP) is 5.95. The highest BCUT2D eigenvalue weighted by Crippen LogP contribution is 2.42. The van der Waals surface area contributed by atoms with E-state index in [1.165, 1.54) is 0 Å². The molecule has 0 saturated heterocycles. The summed E-state index contributed by atoms with van der Waals surface area (Å²) >= 11 is 0. The van der Waals surface area contributed by atoms with Gasteiger partial charge in [-0.25, -0.2) is 19.8 Å². The lowest BCUT2D eigenvalue weighted by Crippen LogP contribution is -2.23. The van der Waals surface area contributed by atoms with Crippen molar-refractivity contribution in [3.8, 4) is 0 Å². The summed E-state index contributed by atoms with van der Waals surface area (Å²) in [6.07, 6.45) is 7.40. The molecule has 44 heavy (non-hydrogen) atoms. The van der Waals surface area contributed by atoms with Crippen LogP contribution in [0, 0.1) is 11.8 Å². The third-order valence-corrected chi connectivity index (χ3v) is 8.79. The predicted molar refractivity (Wildman–Crippen MR) is 169 cm³/mol. The van der Waals surface area contributed by atoms with Crippen LogP contribution < -0.4 is 0 Å². The standard InChI is InChI=1S/C34H34N4O6/c1-7-19-15(3)23-12-25-17(5)21(9-10-29(39)40)32(37-25)22(11-30(41)42)33-31(34(43)44)18(6)26(38-33)14-28-20(8-2)16(4)24(36-28)13-27(19)35-23/h7,12-14,17,21H,1,8-11H2,2-6H3,(H,39,40)(H,41,42)(H,43,44)/t17-,21-/m1/s1. The highest BCUT2D eigenvalue weighted by Gasteiger charge is 2.39. The molecule has 5 rings (SSSR count). The molecule has 0 aliphatic carbocycles. The van der Waals surface area contributed by atoms with E-state index in [1.807, 2.05) is 39.8 Å². The molecule has 0 aromatic rings. The molecule has 8 bridgehead atoms.